The molecule has 0 aliphatic carbocycles. The van der Waals surface area contributed by atoms with Crippen LogP contribution in [0, 0.1) is 0 Å². The molecule has 7 nitrogen and oxygen atoms in total. The fourth-order valence-corrected chi connectivity index (χ4v) is 3.56. The number of aliphatic carboxylic acids is 1. The Hall–Kier alpha value is -3.22. The molecule has 1 aliphatic heterocycles. The number of carbonyl (C=O) groups excluding carboxylic acids is 1. The van der Waals surface area contributed by atoms with E-state index in [1.54, 1.807) is 37.4 Å². The van der Waals surface area contributed by atoms with Gasteiger partial charge in [-0.15, -0.1) is 0 Å². The van der Waals surface area contributed by atoms with Crippen molar-refractivity contribution in [1.29, 1.82) is 0 Å². The number of methoxy groups -OCH3 is 3. The zero-order chi connectivity index (χ0) is 19.7. The Kier molecular flexibility index (Phi) is 4.94. The molecule has 27 heavy (non-hydrogen) atoms. The maximum atomic E-state index is 13.0. The van der Waals surface area contributed by atoms with Gasteiger partial charge in [-0.3, -0.25) is 9.59 Å². The first-order valence-electron chi connectivity index (χ1n) is 8.32. The molecule has 2 unspecified atom stereocenters. The number of benzene rings is 2. The van der Waals surface area contributed by atoms with E-state index in [1.807, 2.05) is 0 Å². The third-order valence-electron chi connectivity index (χ3n) is 4.88. The maximum Gasteiger partial charge on any atom is 0.313 e. The van der Waals surface area contributed by atoms with E-state index < -0.39 is 17.9 Å². The zero-order valence-electron chi connectivity index (χ0n) is 15.6. The molecule has 1 N–H and O–H groups in total. The number of likely N-dealkylation sites (N-methyl/N-ethyl adjacent to an activating group) is 1. The van der Waals surface area contributed by atoms with Crippen LogP contribution in [0.15, 0.2) is 36.4 Å². The van der Waals surface area contributed by atoms with Gasteiger partial charge in [-0.1, -0.05) is 12.1 Å². The highest BCUT2D eigenvalue weighted by molar-refractivity contribution is 6.01. The largest absolute Gasteiger partial charge is 0.497 e. The highest BCUT2D eigenvalue weighted by Crippen LogP contribution is 2.45. The molecule has 0 saturated heterocycles. The van der Waals surface area contributed by atoms with E-state index in [1.165, 1.54) is 32.3 Å². The molecule has 142 valence electrons. The van der Waals surface area contributed by atoms with Gasteiger partial charge in [0.25, 0.3) is 5.91 Å². The highest BCUT2D eigenvalue weighted by Gasteiger charge is 2.43. The van der Waals surface area contributed by atoms with Gasteiger partial charge in [0.05, 0.1) is 27.4 Å². The lowest BCUT2D eigenvalue weighted by atomic mass is 9.79. The Morgan fingerprint density at radius 1 is 1.04 bits per heavy atom. The van der Waals surface area contributed by atoms with Crippen LogP contribution in [0.3, 0.4) is 0 Å². The Morgan fingerprint density at radius 2 is 1.70 bits per heavy atom. The molecular formula is C20H21NO6. The second-order valence-corrected chi connectivity index (χ2v) is 6.25. The Morgan fingerprint density at radius 3 is 2.30 bits per heavy atom. The predicted octanol–water partition coefficient (Wildman–Crippen LogP) is 2.71. The van der Waals surface area contributed by atoms with Crippen LogP contribution in [-0.4, -0.2) is 50.3 Å². The van der Waals surface area contributed by atoms with Gasteiger partial charge in [-0.25, -0.2) is 0 Å². The van der Waals surface area contributed by atoms with Crippen LogP contribution < -0.4 is 14.2 Å². The Labute approximate surface area is 157 Å². The molecule has 0 fully saturated rings. The van der Waals surface area contributed by atoms with E-state index in [-0.39, 0.29) is 5.91 Å². The standard InChI is InChI=1S/C20H21NO6/c1-21-18(11-6-5-7-12(8-11)25-2)17(20(23)24)13-9-15(26-3)16(27-4)10-14(13)19(21)22/h5-10,17-18H,1-4H3,(H,23,24). The van der Waals surface area contributed by atoms with Gasteiger partial charge in [-0.2, -0.15) is 0 Å². The van der Waals surface area contributed by atoms with Crippen LogP contribution in [0.25, 0.3) is 0 Å². The molecule has 0 saturated carbocycles. The summed E-state index contributed by atoms with van der Waals surface area (Å²) in [5.41, 5.74) is 1.37. The predicted molar refractivity (Wildman–Crippen MR) is 97.8 cm³/mol. The fourth-order valence-electron chi connectivity index (χ4n) is 3.56. The molecular weight excluding hydrogens is 350 g/mol. The van der Waals surface area contributed by atoms with E-state index in [2.05, 4.69) is 0 Å². The van der Waals surface area contributed by atoms with Gasteiger partial charge in [0.2, 0.25) is 0 Å². The van der Waals surface area contributed by atoms with Crippen molar-refractivity contribution in [2.24, 2.45) is 0 Å². The highest BCUT2D eigenvalue weighted by atomic mass is 16.5. The van der Waals surface area contributed by atoms with Crippen molar-refractivity contribution in [3.8, 4) is 17.2 Å². The average molecular weight is 371 g/mol. The maximum absolute atomic E-state index is 13.0. The van der Waals surface area contributed by atoms with Crippen molar-refractivity contribution >= 4 is 11.9 Å². The number of carboxylic acid groups (broad SMARTS) is 1. The van der Waals surface area contributed by atoms with Gasteiger partial charge < -0.3 is 24.2 Å². The number of hydrogen-bond acceptors (Lipinski definition) is 5. The van der Waals surface area contributed by atoms with Crippen LogP contribution in [0.1, 0.15) is 33.4 Å². The fraction of sp³-hybridized carbons (Fsp3) is 0.300. The minimum atomic E-state index is -1.03. The van der Waals surface area contributed by atoms with E-state index in [4.69, 9.17) is 14.2 Å². The number of carboxylic acids is 1. The number of ether oxygens (including phenoxy) is 3. The Bertz CT molecular complexity index is 894. The molecule has 0 spiro atoms. The van der Waals surface area contributed by atoms with E-state index in [9.17, 15) is 14.7 Å². The van der Waals surface area contributed by atoms with Crippen molar-refractivity contribution < 1.29 is 28.9 Å². The van der Waals surface area contributed by atoms with Crippen molar-refractivity contribution in [2.75, 3.05) is 28.4 Å². The number of rotatable bonds is 5. The number of hydrogen-bond donors (Lipinski definition) is 1. The lowest BCUT2D eigenvalue weighted by molar-refractivity contribution is -0.140. The summed E-state index contributed by atoms with van der Waals surface area (Å²) in [5, 5.41) is 10.00. The first-order valence-corrected chi connectivity index (χ1v) is 8.32. The molecule has 2 aromatic rings. The van der Waals surface area contributed by atoms with Crippen LogP contribution in [-0.2, 0) is 4.79 Å². The van der Waals surface area contributed by atoms with E-state index in [0.717, 1.165) is 0 Å². The first-order chi connectivity index (χ1) is 12.9. The van der Waals surface area contributed by atoms with Crippen molar-refractivity contribution in [2.45, 2.75) is 12.0 Å². The summed E-state index contributed by atoms with van der Waals surface area (Å²) in [4.78, 5) is 26.7. The third-order valence-corrected chi connectivity index (χ3v) is 4.88. The van der Waals surface area contributed by atoms with Gasteiger partial charge >= 0.3 is 5.97 Å². The number of amides is 1. The minimum absolute atomic E-state index is 0.281. The first kappa shape index (κ1) is 18.6. The van der Waals surface area contributed by atoms with Gasteiger partial charge in [0.15, 0.2) is 11.5 Å². The molecule has 0 radical (unpaired) electrons. The average Bonchev–Trinajstić information content (AvgIpc) is 2.69. The molecule has 2 atom stereocenters. The quantitative estimate of drug-likeness (QED) is 0.870. The van der Waals surface area contributed by atoms with E-state index in [0.29, 0.717) is 33.9 Å². The third kappa shape index (κ3) is 3.05. The van der Waals surface area contributed by atoms with Gasteiger partial charge in [0, 0.05) is 12.6 Å². The van der Waals surface area contributed by atoms with Gasteiger partial charge in [-0.05, 0) is 35.4 Å². The number of carbonyl (C=O) groups is 2. The van der Waals surface area contributed by atoms with Crippen molar-refractivity contribution in [3.63, 3.8) is 0 Å². The van der Waals surface area contributed by atoms with Crippen molar-refractivity contribution in [3.05, 3.63) is 53.1 Å². The Balaban J connectivity index is 2.23. The smallest absolute Gasteiger partial charge is 0.313 e. The number of nitrogens with zero attached hydrogens (tertiary/aromatic N) is 1. The van der Waals surface area contributed by atoms with Crippen LogP contribution in [0.2, 0.25) is 0 Å². The van der Waals surface area contributed by atoms with Gasteiger partial charge in [0.1, 0.15) is 11.7 Å². The zero-order valence-corrected chi connectivity index (χ0v) is 15.6. The molecule has 1 aliphatic rings. The summed E-state index contributed by atoms with van der Waals surface area (Å²) in [5.74, 6) is -0.927. The minimum Gasteiger partial charge on any atom is -0.497 e. The second-order valence-electron chi connectivity index (χ2n) is 6.25. The molecule has 2 aromatic carbocycles. The summed E-state index contributed by atoms with van der Waals surface area (Å²) in [7, 11) is 6.07. The number of fused-ring (bicyclic) bond motifs is 1. The van der Waals surface area contributed by atoms with Crippen LogP contribution in [0.4, 0.5) is 0 Å². The summed E-state index contributed by atoms with van der Waals surface area (Å²) >= 11 is 0. The van der Waals surface area contributed by atoms with Crippen LogP contribution >= 0.6 is 0 Å². The van der Waals surface area contributed by atoms with Crippen molar-refractivity contribution in [1.82, 2.24) is 4.90 Å². The van der Waals surface area contributed by atoms with Crippen LogP contribution in [0.5, 0.6) is 17.2 Å². The molecule has 1 amide bonds. The topological polar surface area (TPSA) is 85.3 Å². The summed E-state index contributed by atoms with van der Waals surface area (Å²) in [6.45, 7) is 0. The molecule has 1 heterocycles. The normalized spacial score (nSPS) is 18.7. The molecule has 3 rings (SSSR count). The summed E-state index contributed by atoms with van der Waals surface area (Å²) in [6.07, 6.45) is 0. The molecule has 0 bridgehead atoms. The SMILES string of the molecule is COc1cccc(C2C(C(=O)O)c3cc(OC)c(OC)cc3C(=O)N2C)c1. The molecule has 7 heteroatoms. The molecule has 0 aromatic heterocycles. The monoisotopic (exact) mass is 371 g/mol. The summed E-state index contributed by atoms with van der Waals surface area (Å²) in [6, 6.07) is 9.50. The lowest BCUT2D eigenvalue weighted by Crippen LogP contribution is -2.42. The summed E-state index contributed by atoms with van der Waals surface area (Å²) < 4.78 is 15.8. The lowest BCUT2D eigenvalue weighted by Gasteiger charge is -2.39. The van der Waals surface area contributed by atoms with E-state index >= 15 is 0 Å². The second kappa shape index (κ2) is 7.19.